The summed E-state index contributed by atoms with van der Waals surface area (Å²) < 4.78 is 1.53. The molecule has 0 saturated carbocycles. The molecule has 2 heterocycles. The molecule has 110 valence electrons. The van der Waals surface area contributed by atoms with Crippen molar-refractivity contribution in [2.45, 2.75) is 43.2 Å². The van der Waals surface area contributed by atoms with Crippen LogP contribution in [-0.4, -0.2) is 27.4 Å². The lowest BCUT2D eigenvalue weighted by atomic mass is 10.0. The Morgan fingerprint density at radius 2 is 2.20 bits per heavy atom. The summed E-state index contributed by atoms with van der Waals surface area (Å²) in [7, 11) is 0. The third-order valence-corrected chi connectivity index (χ3v) is 4.35. The van der Waals surface area contributed by atoms with Gasteiger partial charge in [0.05, 0.1) is 22.6 Å². The van der Waals surface area contributed by atoms with Gasteiger partial charge >= 0.3 is 0 Å². The Morgan fingerprint density at radius 1 is 1.45 bits per heavy atom. The first-order chi connectivity index (χ1) is 9.51. The van der Waals surface area contributed by atoms with Crippen molar-refractivity contribution >= 4 is 34.8 Å². The van der Waals surface area contributed by atoms with Crippen molar-refractivity contribution in [1.82, 2.24) is 9.88 Å². The van der Waals surface area contributed by atoms with E-state index in [-0.39, 0.29) is 22.9 Å². The number of anilines is 1. The third kappa shape index (κ3) is 3.53. The van der Waals surface area contributed by atoms with Crippen molar-refractivity contribution in [2.75, 3.05) is 5.32 Å². The Labute approximate surface area is 127 Å². The molecular formula is C13H17Cl2N3O2. The zero-order valence-electron chi connectivity index (χ0n) is 11.1. The number of carbonyl (C=O) groups excluding carboxylic acids is 1. The molecule has 0 radical (unpaired) electrons. The number of carbonyl (C=O) groups is 1. The number of halogens is 2. The average Bonchev–Trinajstić information content (AvgIpc) is 2.43. The lowest BCUT2D eigenvalue weighted by molar-refractivity contribution is -0.118. The highest BCUT2D eigenvalue weighted by molar-refractivity contribution is 6.30. The molecule has 3 unspecified atom stereocenters. The van der Waals surface area contributed by atoms with E-state index in [1.165, 1.54) is 10.6 Å². The van der Waals surface area contributed by atoms with Crippen molar-refractivity contribution in [3.05, 3.63) is 28.7 Å². The monoisotopic (exact) mass is 317 g/mol. The molecular weight excluding hydrogens is 301 g/mol. The fourth-order valence-corrected chi connectivity index (χ4v) is 2.62. The van der Waals surface area contributed by atoms with Gasteiger partial charge < -0.3 is 9.88 Å². The fourth-order valence-electron chi connectivity index (χ4n) is 2.14. The molecule has 1 aromatic rings. The first-order valence-electron chi connectivity index (χ1n) is 6.57. The number of nitrogens with one attached hydrogen (secondary N) is 2. The van der Waals surface area contributed by atoms with Crippen LogP contribution in [0.1, 0.15) is 19.8 Å². The summed E-state index contributed by atoms with van der Waals surface area (Å²) in [5.74, 6) is -0.166. The van der Waals surface area contributed by atoms with E-state index in [4.69, 9.17) is 23.2 Å². The molecule has 1 aliphatic heterocycles. The predicted molar refractivity (Wildman–Crippen MR) is 80.4 cm³/mol. The normalized spacial score (nSPS) is 26.2. The van der Waals surface area contributed by atoms with Gasteiger partial charge in [-0.1, -0.05) is 0 Å². The Hall–Kier alpha value is -1.04. The summed E-state index contributed by atoms with van der Waals surface area (Å²) in [6, 6.07) is 2.67. The van der Waals surface area contributed by atoms with E-state index in [0.29, 0.717) is 25.1 Å². The van der Waals surface area contributed by atoms with E-state index in [2.05, 4.69) is 10.6 Å². The predicted octanol–water partition coefficient (Wildman–Crippen LogP) is 1.73. The van der Waals surface area contributed by atoms with Gasteiger partial charge in [0.2, 0.25) is 5.91 Å². The Morgan fingerprint density at radius 3 is 2.85 bits per heavy atom. The van der Waals surface area contributed by atoms with Gasteiger partial charge in [0.1, 0.15) is 0 Å². The van der Waals surface area contributed by atoms with Crippen LogP contribution in [0, 0.1) is 0 Å². The van der Waals surface area contributed by atoms with E-state index < -0.39 is 5.50 Å². The molecule has 7 heteroatoms. The number of piperidine rings is 1. The largest absolute Gasteiger partial charge is 0.323 e. The molecule has 3 atom stereocenters. The van der Waals surface area contributed by atoms with Gasteiger partial charge in [0, 0.05) is 18.8 Å². The molecule has 1 amide bonds. The summed E-state index contributed by atoms with van der Waals surface area (Å²) in [6.07, 6.45) is 2.96. The second kappa shape index (κ2) is 6.61. The molecule has 1 saturated heterocycles. The van der Waals surface area contributed by atoms with E-state index in [1.54, 1.807) is 12.3 Å². The maximum Gasteiger partial charge on any atom is 0.250 e. The van der Waals surface area contributed by atoms with Crippen LogP contribution in [-0.2, 0) is 11.3 Å². The van der Waals surface area contributed by atoms with E-state index in [9.17, 15) is 9.59 Å². The van der Waals surface area contributed by atoms with Crippen molar-refractivity contribution in [1.29, 1.82) is 0 Å². The number of pyridine rings is 1. The zero-order chi connectivity index (χ0) is 14.7. The van der Waals surface area contributed by atoms with Crippen LogP contribution < -0.4 is 16.2 Å². The summed E-state index contributed by atoms with van der Waals surface area (Å²) in [5, 5.41) is 5.60. The van der Waals surface area contributed by atoms with Crippen LogP contribution in [0.5, 0.6) is 0 Å². The number of rotatable bonds is 3. The first kappa shape index (κ1) is 15.4. The quantitative estimate of drug-likeness (QED) is 0.659. The minimum atomic E-state index is -0.411. The number of amides is 1. The lowest BCUT2D eigenvalue weighted by Crippen LogP contribution is -2.51. The van der Waals surface area contributed by atoms with Gasteiger partial charge in [-0.25, -0.2) is 0 Å². The molecule has 20 heavy (non-hydrogen) atoms. The molecule has 2 rings (SSSR count). The molecule has 1 aliphatic rings. The topological polar surface area (TPSA) is 63.1 Å². The summed E-state index contributed by atoms with van der Waals surface area (Å²) in [4.78, 5) is 23.6. The van der Waals surface area contributed by atoms with Gasteiger partial charge in [-0.05, 0) is 25.8 Å². The highest BCUT2D eigenvalue weighted by atomic mass is 35.5. The Balaban J connectivity index is 2.03. The number of nitrogens with zero attached hydrogens (tertiary/aromatic N) is 1. The molecule has 0 bridgehead atoms. The van der Waals surface area contributed by atoms with Gasteiger partial charge in [-0.3, -0.25) is 14.9 Å². The molecule has 5 nitrogen and oxygen atoms in total. The first-order valence-corrected chi connectivity index (χ1v) is 7.44. The summed E-state index contributed by atoms with van der Waals surface area (Å²) in [5.41, 5.74) is 0.0928. The molecule has 1 aromatic heterocycles. The Kier molecular flexibility index (Phi) is 5.07. The molecule has 0 spiro atoms. The maximum absolute atomic E-state index is 12.1. The molecule has 2 N–H and O–H groups in total. The van der Waals surface area contributed by atoms with E-state index in [0.717, 1.165) is 0 Å². The zero-order valence-corrected chi connectivity index (χ0v) is 12.6. The maximum atomic E-state index is 12.1. The number of aryl methyl sites for hydroxylation is 1. The Bertz CT molecular complexity index is 547. The van der Waals surface area contributed by atoms with Crippen LogP contribution in [0.25, 0.3) is 0 Å². The second-order valence-corrected chi connectivity index (χ2v) is 5.78. The highest BCUT2D eigenvalue weighted by Crippen LogP contribution is 2.21. The van der Waals surface area contributed by atoms with Crippen LogP contribution in [0.2, 0.25) is 0 Å². The SMILES string of the molecule is CCn1cc(NC(=O)C2CCC(Cl)C(Cl)N2)ccc1=O. The average molecular weight is 318 g/mol. The summed E-state index contributed by atoms with van der Waals surface area (Å²) >= 11 is 12.0. The van der Waals surface area contributed by atoms with E-state index in [1.807, 2.05) is 6.92 Å². The number of aromatic nitrogens is 1. The van der Waals surface area contributed by atoms with Gasteiger partial charge in [-0.15, -0.1) is 23.2 Å². The highest BCUT2D eigenvalue weighted by Gasteiger charge is 2.30. The van der Waals surface area contributed by atoms with Crippen molar-refractivity contribution in [2.24, 2.45) is 0 Å². The standard InChI is InChI=1S/C13H17Cl2N3O2/c1-2-18-7-8(3-6-11(18)19)16-13(20)10-5-4-9(14)12(15)17-10/h3,6-7,9-10,12,17H,2,4-5H2,1H3,(H,16,20). The van der Waals surface area contributed by atoms with E-state index >= 15 is 0 Å². The smallest absolute Gasteiger partial charge is 0.250 e. The van der Waals surface area contributed by atoms with Crippen LogP contribution in [0.3, 0.4) is 0 Å². The number of hydrogen-bond donors (Lipinski definition) is 2. The van der Waals surface area contributed by atoms with Crippen molar-refractivity contribution < 1.29 is 4.79 Å². The van der Waals surface area contributed by atoms with Crippen molar-refractivity contribution in [3.8, 4) is 0 Å². The minimum Gasteiger partial charge on any atom is -0.323 e. The fraction of sp³-hybridized carbons (Fsp3) is 0.538. The number of alkyl halides is 2. The lowest BCUT2D eigenvalue weighted by Gasteiger charge is -2.30. The van der Waals surface area contributed by atoms with Gasteiger partial charge in [-0.2, -0.15) is 0 Å². The van der Waals surface area contributed by atoms with Crippen LogP contribution in [0.4, 0.5) is 5.69 Å². The second-order valence-electron chi connectivity index (χ2n) is 4.75. The van der Waals surface area contributed by atoms with Crippen LogP contribution >= 0.6 is 23.2 Å². The molecule has 1 fully saturated rings. The molecule has 0 aliphatic carbocycles. The number of hydrogen-bond acceptors (Lipinski definition) is 3. The van der Waals surface area contributed by atoms with Gasteiger partial charge in [0.25, 0.3) is 5.56 Å². The summed E-state index contributed by atoms with van der Waals surface area (Å²) in [6.45, 7) is 2.43. The van der Waals surface area contributed by atoms with Crippen LogP contribution in [0.15, 0.2) is 23.1 Å². The van der Waals surface area contributed by atoms with Gasteiger partial charge in [0.15, 0.2) is 0 Å². The minimum absolute atomic E-state index is 0.0907. The molecule has 0 aromatic carbocycles. The van der Waals surface area contributed by atoms with Crippen molar-refractivity contribution in [3.63, 3.8) is 0 Å². The third-order valence-electron chi connectivity index (χ3n) is 3.32.